The molecule has 5 heteroatoms. The number of carbonyl (C=O) groups excluding carboxylic acids is 1. The number of rotatable bonds is 4. The number of carboxylic acid groups (broad SMARTS) is 1. The van der Waals surface area contributed by atoms with Crippen molar-refractivity contribution in [1.82, 2.24) is 10.6 Å². The molecule has 2 saturated carbocycles. The van der Waals surface area contributed by atoms with Gasteiger partial charge >= 0.3 is 12.0 Å². The lowest BCUT2D eigenvalue weighted by molar-refractivity contribution is -0.149. The van der Waals surface area contributed by atoms with E-state index in [-0.39, 0.29) is 18.6 Å². The lowest BCUT2D eigenvalue weighted by Gasteiger charge is -2.30. The minimum absolute atomic E-state index is 0.213. The van der Waals surface area contributed by atoms with Gasteiger partial charge < -0.3 is 15.7 Å². The van der Waals surface area contributed by atoms with Crippen molar-refractivity contribution in [3.8, 4) is 0 Å². The van der Waals surface area contributed by atoms with Gasteiger partial charge in [-0.25, -0.2) is 4.79 Å². The summed E-state index contributed by atoms with van der Waals surface area (Å²) in [6.07, 6.45) is 8.68. The summed E-state index contributed by atoms with van der Waals surface area (Å²) in [6, 6.07) is 0.0736. The Labute approximate surface area is 114 Å². The molecule has 5 nitrogen and oxygen atoms in total. The van der Waals surface area contributed by atoms with Crippen molar-refractivity contribution in [1.29, 1.82) is 0 Å². The maximum Gasteiger partial charge on any atom is 0.315 e. The average molecular weight is 268 g/mol. The zero-order valence-corrected chi connectivity index (χ0v) is 11.4. The predicted molar refractivity (Wildman–Crippen MR) is 71.9 cm³/mol. The van der Waals surface area contributed by atoms with E-state index in [0.717, 1.165) is 38.5 Å². The third kappa shape index (κ3) is 3.61. The van der Waals surface area contributed by atoms with Crippen molar-refractivity contribution in [2.24, 2.45) is 5.41 Å². The van der Waals surface area contributed by atoms with Crippen molar-refractivity contribution in [3.63, 3.8) is 0 Å². The van der Waals surface area contributed by atoms with E-state index in [1.807, 2.05) is 0 Å². The second-order valence-corrected chi connectivity index (χ2v) is 5.95. The first-order valence-electron chi connectivity index (χ1n) is 7.40. The number of nitrogens with one attached hydrogen (secondary N) is 2. The third-order valence-electron chi connectivity index (χ3n) is 4.54. The molecule has 0 unspecified atom stereocenters. The molecule has 0 radical (unpaired) electrons. The summed E-state index contributed by atoms with van der Waals surface area (Å²) in [5.41, 5.74) is -0.756. The molecule has 0 atom stereocenters. The van der Waals surface area contributed by atoms with E-state index in [1.165, 1.54) is 6.42 Å². The fraction of sp³-hybridized carbons (Fsp3) is 0.857. The van der Waals surface area contributed by atoms with Gasteiger partial charge in [-0.05, 0) is 32.1 Å². The molecule has 2 aliphatic carbocycles. The molecule has 108 valence electrons. The highest BCUT2D eigenvalue weighted by Crippen LogP contribution is 2.34. The molecule has 2 amide bonds. The molecule has 0 aromatic heterocycles. The van der Waals surface area contributed by atoms with Gasteiger partial charge in [0.2, 0.25) is 0 Å². The summed E-state index contributed by atoms with van der Waals surface area (Å²) in [4.78, 5) is 23.3. The molecule has 0 aromatic carbocycles. The first-order chi connectivity index (χ1) is 9.12. The van der Waals surface area contributed by atoms with Crippen LogP contribution in [-0.2, 0) is 4.79 Å². The van der Waals surface area contributed by atoms with E-state index in [4.69, 9.17) is 0 Å². The third-order valence-corrected chi connectivity index (χ3v) is 4.54. The van der Waals surface area contributed by atoms with E-state index in [0.29, 0.717) is 12.8 Å². The molecule has 0 heterocycles. The highest BCUT2D eigenvalue weighted by Gasteiger charge is 2.39. The van der Waals surface area contributed by atoms with Gasteiger partial charge in [0.25, 0.3) is 0 Å². The molecule has 0 saturated heterocycles. The molecule has 0 bridgehead atoms. The number of aliphatic carboxylic acids is 1. The Kier molecular flexibility index (Phi) is 4.66. The van der Waals surface area contributed by atoms with Gasteiger partial charge in [-0.2, -0.15) is 0 Å². The summed E-state index contributed by atoms with van der Waals surface area (Å²) >= 11 is 0. The molecular formula is C14H24N2O3. The van der Waals surface area contributed by atoms with Gasteiger partial charge in [0, 0.05) is 12.6 Å². The van der Waals surface area contributed by atoms with Gasteiger partial charge in [-0.3, -0.25) is 4.79 Å². The standard InChI is InChI=1S/C14H24N2O3/c17-12(18)14(8-3-1-2-4-9-14)10-15-13(19)16-11-6-5-7-11/h11H,1-10H2,(H,17,18)(H2,15,16,19). The van der Waals surface area contributed by atoms with Crippen molar-refractivity contribution < 1.29 is 14.7 Å². The van der Waals surface area contributed by atoms with Crippen molar-refractivity contribution in [3.05, 3.63) is 0 Å². The maximum absolute atomic E-state index is 11.7. The number of amides is 2. The van der Waals surface area contributed by atoms with E-state index in [1.54, 1.807) is 0 Å². The van der Waals surface area contributed by atoms with Crippen LogP contribution < -0.4 is 10.6 Å². The zero-order chi connectivity index (χ0) is 13.7. The van der Waals surface area contributed by atoms with Gasteiger partial charge in [0.05, 0.1) is 5.41 Å². The largest absolute Gasteiger partial charge is 0.481 e. The summed E-state index contributed by atoms with van der Waals surface area (Å²) in [6.45, 7) is 0.251. The molecule has 2 fully saturated rings. The molecular weight excluding hydrogens is 244 g/mol. The van der Waals surface area contributed by atoms with Gasteiger partial charge in [-0.1, -0.05) is 25.7 Å². The van der Waals surface area contributed by atoms with Gasteiger partial charge in [-0.15, -0.1) is 0 Å². The smallest absolute Gasteiger partial charge is 0.315 e. The quantitative estimate of drug-likeness (QED) is 0.684. The molecule has 2 aliphatic rings. The van der Waals surface area contributed by atoms with Crippen LogP contribution in [0.25, 0.3) is 0 Å². The lowest BCUT2D eigenvalue weighted by atomic mass is 9.80. The van der Waals surface area contributed by atoms with Crippen LogP contribution in [-0.4, -0.2) is 29.7 Å². The second-order valence-electron chi connectivity index (χ2n) is 5.95. The Morgan fingerprint density at radius 2 is 1.68 bits per heavy atom. The number of hydrogen-bond acceptors (Lipinski definition) is 2. The van der Waals surface area contributed by atoms with Crippen LogP contribution in [0.4, 0.5) is 4.79 Å². The monoisotopic (exact) mass is 268 g/mol. The highest BCUT2D eigenvalue weighted by molar-refractivity contribution is 5.78. The first-order valence-corrected chi connectivity index (χ1v) is 7.40. The van der Waals surface area contributed by atoms with Crippen molar-refractivity contribution in [2.75, 3.05) is 6.54 Å². The topological polar surface area (TPSA) is 78.4 Å². The van der Waals surface area contributed by atoms with Crippen molar-refractivity contribution in [2.45, 2.75) is 63.8 Å². The summed E-state index contributed by atoms with van der Waals surface area (Å²) in [5.74, 6) is -0.765. The molecule has 0 aromatic rings. The van der Waals surface area contributed by atoms with Crippen LogP contribution >= 0.6 is 0 Å². The number of carbonyl (C=O) groups is 2. The van der Waals surface area contributed by atoms with E-state index in [2.05, 4.69) is 10.6 Å². The average Bonchev–Trinajstić information content (AvgIpc) is 2.58. The fourth-order valence-corrected chi connectivity index (χ4v) is 2.91. The van der Waals surface area contributed by atoms with Crippen LogP contribution in [0.3, 0.4) is 0 Å². The highest BCUT2D eigenvalue weighted by atomic mass is 16.4. The Morgan fingerprint density at radius 1 is 1.05 bits per heavy atom. The summed E-state index contributed by atoms with van der Waals surface area (Å²) in [5, 5.41) is 15.1. The van der Waals surface area contributed by atoms with Gasteiger partial charge in [0.15, 0.2) is 0 Å². The van der Waals surface area contributed by atoms with Crippen molar-refractivity contribution >= 4 is 12.0 Å². The SMILES string of the molecule is O=C(NCC1(C(=O)O)CCCCCC1)NC1CCC1. The zero-order valence-electron chi connectivity index (χ0n) is 11.4. The molecule has 0 spiro atoms. The minimum Gasteiger partial charge on any atom is -0.481 e. The number of carboxylic acids is 1. The Balaban J connectivity index is 1.85. The fourth-order valence-electron chi connectivity index (χ4n) is 2.91. The lowest BCUT2D eigenvalue weighted by Crippen LogP contribution is -2.49. The van der Waals surface area contributed by atoms with Gasteiger partial charge in [0.1, 0.15) is 0 Å². The normalized spacial score (nSPS) is 22.9. The van der Waals surface area contributed by atoms with Crippen LogP contribution in [0.5, 0.6) is 0 Å². The summed E-state index contributed by atoms with van der Waals surface area (Å²) in [7, 11) is 0. The van der Waals surface area contributed by atoms with E-state index < -0.39 is 11.4 Å². The van der Waals surface area contributed by atoms with E-state index >= 15 is 0 Å². The molecule has 0 aliphatic heterocycles. The van der Waals surface area contributed by atoms with Crippen LogP contribution in [0.1, 0.15) is 57.8 Å². The first kappa shape index (κ1) is 14.2. The second kappa shape index (κ2) is 6.26. The number of hydrogen-bond donors (Lipinski definition) is 3. The Bertz CT molecular complexity index is 332. The molecule has 2 rings (SSSR count). The summed E-state index contributed by atoms with van der Waals surface area (Å²) < 4.78 is 0. The van der Waals surface area contributed by atoms with Crippen LogP contribution in [0, 0.1) is 5.41 Å². The molecule has 3 N–H and O–H groups in total. The maximum atomic E-state index is 11.7. The predicted octanol–water partition coefficient (Wildman–Crippen LogP) is 2.26. The number of urea groups is 1. The van der Waals surface area contributed by atoms with Crippen LogP contribution in [0.2, 0.25) is 0 Å². The Hall–Kier alpha value is -1.26. The molecule has 19 heavy (non-hydrogen) atoms. The Morgan fingerprint density at radius 3 is 2.16 bits per heavy atom. The minimum atomic E-state index is -0.765. The van der Waals surface area contributed by atoms with E-state index in [9.17, 15) is 14.7 Å². The van der Waals surface area contributed by atoms with Crippen LogP contribution in [0.15, 0.2) is 0 Å².